The molecule has 0 spiro atoms. The molecule has 5 nitrogen and oxygen atoms in total. The van der Waals surface area contributed by atoms with E-state index in [1.54, 1.807) is 12.1 Å². The lowest BCUT2D eigenvalue weighted by molar-refractivity contribution is 0.344. The molecule has 0 amide bonds. The van der Waals surface area contributed by atoms with Crippen molar-refractivity contribution < 1.29 is 19.4 Å². The summed E-state index contributed by atoms with van der Waals surface area (Å²) in [6.45, 7) is 0. The van der Waals surface area contributed by atoms with Crippen LogP contribution >= 0.6 is 0 Å². The van der Waals surface area contributed by atoms with Gasteiger partial charge in [0.1, 0.15) is 11.3 Å². The fourth-order valence-corrected chi connectivity index (χ4v) is 2.73. The van der Waals surface area contributed by atoms with E-state index in [-0.39, 0.29) is 5.75 Å². The fourth-order valence-electron chi connectivity index (χ4n) is 2.73. The summed E-state index contributed by atoms with van der Waals surface area (Å²) in [5.74, 6) is 1.04. The molecule has 0 radical (unpaired) electrons. The normalized spacial score (nSPS) is 16.7. The number of phenols is 1. The Kier molecular flexibility index (Phi) is 3.76. The molecule has 0 bridgehead atoms. The lowest BCUT2D eigenvalue weighted by atomic mass is 9.88. The molecular weight excluding hydrogens is 246 g/mol. The summed E-state index contributed by atoms with van der Waals surface area (Å²) in [4.78, 5) is 14.7. The van der Waals surface area contributed by atoms with Gasteiger partial charge in [0, 0.05) is 11.6 Å². The minimum atomic E-state index is -0.675. The molecule has 0 aliphatic heterocycles. The highest BCUT2D eigenvalue weighted by atomic mass is 16.5. The summed E-state index contributed by atoms with van der Waals surface area (Å²) in [5.41, 5.74) is -0.0724. The van der Waals surface area contributed by atoms with Gasteiger partial charge in [0.25, 0.3) is 0 Å². The summed E-state index contributed by atoms with van der Waals surface area (Å²) in [6.07, 6.45) is 5.03. The first-order valence-corrected chi connectivity index (χ1v) is 6.21. The number of rotatable bonds is 4. The monoisotopic (exact) mass is 263 g/mol. The molecule has 1 fully saturated rings. The summed E-state index contributed by atoms with van der Waals surface area (Å²) in [5, 5.41) is 10.2. The lowest BCUT2D eigenvalue weighted by Crippen LogP contribution is -2.19. The van der Waals surface area contributed by atoms with Crippen LogP contribution in [0.15, 0.2) is 17.1 Å². The molecule has 19 heavy (non-hydrogen) atoms. The average Bonchev–Trinajstić information content (AvgIpc) is 2.88. The van der Waals surface area contributed by atoms with Gasteiger partial charge >= 0.3 is 0 Å². The van der Waals surface area contributed by atoms with E-state index in [4.69, 9.17) is 9.47 Å². The van der Waals surface area contributed by atoms with Crippen LogP contribution in [0.2, 0.25) is 0 Å². The molecule has 0 aromatic heterocycles. The van der Waals surface area contributed by atoms with Crippen molar-refractivity contribution in [1.82, 2.24) is 0 Å². The van der Waals surface area contributed by atoms with Gasteiger partial charge in [-0.25, -0.2) is 4.79 Å². The van der Waals surface area contributed by atoms with E-state index < -0.39 is 5.54 Å². The Bertz CT molecular complexity index is 514. The van der Waals surface area contributed by atoms with E-state index in [2.05, 4.69) is 4.99 Å². The number of hydrogen-bond donors (Lipinski definition) is 1. The number of hydrogen-bond acceptors (Lipinski definition) is 5. The molecule has 102 valence electrons. The van der Waals surface area contributed by atoms with Crippen LogP contribution in [0.4, 0.5) is 0 Å². The molecule has 0 saturated heterocycles. The quantitative estimate of drug-likeness (QED) is 0.669. The first kappa shape index (κ1) is 13.4. The molecule has 0 atom stereocenters. The number of benzene rings is 1. The van der Waals surface area contributed by atoms with Crippen molar-refractivity contribution >= 4 is 6.08 Å². The molecule has 1 aliphatic rings. The zero-order valence-electron chi connectivity index (χ0n) is 11.1. The second-order valence-electron chi connectivity index (χ2n) is 4.67. The minimum absolute atomic E-state index is 0.0681. The van der Waals surface area contributed by atoms with Gasteiger partial charge in [-0.1, -0.05) is 12.8 Å². The van der Waals surface area contributed by atoms with Crippen LogP contribution in [0.25, 0.3) is 0 Å². The topological polar surface area (TPSA) is 68.1 Å². The summed E-state index contributed by atoms with van der Waals surface area (Å²) >= 11 is 0. The van der Waals surface area contributed by atoms with Crippen LogP contribution in [0.1, 0.15) is 31.2 Å². The number of carbonyl (C=O) groups excluding carboxylic acids is 1. The van der Waals surface area contributed by atoms with Crippen molar-refractivity contribution in [3.05, 3.63) is 17.7 Å². The Labute approximate surface area is 111 Å². The maximum atomic E-state index is 10.7. The van der Waals surface area contributed by atoms with Crippen molar-refractivity contribution in [3.8, 4) is 17.2 Å². The Morgan fingerprint density at radius 2 is 1.79 bits per heavy atom. The van der Waals surface area contributed by atoms with E-state index in [1.807, 2.05) is 0 Å². The molecule has 0 heterocycles. The number of isocyanates is 1. The number of nitrogens with zero attached hydrogens (tertiary/aromatic N) is 1. The predicted molar refractivity (Wildman–Crippen MR) is 69.5 cm³/mol. The highest BCUT2D eigenvalue weighted by molar-refractivity contribution is 5.54. The Morgan fingerprint density at radius 3 is 2.32 bits per heavy atom. The van der Waals surface area contributed by atoms with Crippen LogP contribution in [-0.4, -0.2) is 25.4 Å². The van der Waals surface area contributed by atoms with E-state index in [9.17, 15) is 9.90 Å². The highest BCUT2D eigenvalue weighted by Crippen LogP contribution is 2.48. The maximum Gasteiger partial charge on any atom is 0.235 e. The molecular formula is C14H17NO4. The third kappa shape index (κ3) is 2.29. The van der Waals surface area contributed by atoms with Gasteiger partial charge in [0.15, 0.2) is 11.5 Å². The number of aromatic hydroxyl groups is 1. The van der Waals surface area contributed by atoms with Crippen molar-refractivity contribution in [3.63, 3.8) is 0 Å². The zero-order valence-corrected chi connectivity index (χ0v) is 11.1. The van der Waals surface area contributed by atoms with Gasteiger partial charge in [-0.3, -0.25) is 0 Å². The second kappa shape index (κ2) is 5.33. The minimum Gasteiger partial charge on any atom is -0.507 e. The van der Waals surface area contributed by atoms with E-state index in [0.717, 1.165) is 25.7 Å². The maximum absolute atomic E-state index is 10.7. The third-order valence-corrected chi connectivity index (χ3v) is 3.69. The highest BCUT2D eigenvalue weighted by Gasteiger charge is 2.38. The van der Waals surface area contributed by atoms with Crippen LogP contribution in [0.3, 0.4) is 0 Å². The van der Waals surface area contributed by atoms with Crippen molar-refractivity contribution in [2.24, 2.45) is 4.99 Å². The van der Waals surface area contributed by atoms with Gasteiger partial charge in [-0.15, -0.1) is 0 Å². The Morgan fingerprint density at radius 1 is 1.21 bits per heavy atom. The van der Waals surface area contributed by atoms with Crippen molar-refractivity contribution in [2.75, 3.05) is 14.2 Å². The van der Waals surface area contributed by atoms with Gasteiger partial charge in [0.05, 0.1) is 14.2 Å². The lowest BCUT2D eigenvalue weighted by Gasteiger charge is -2.24. The molecule has 5 heteroatoms. The fraction of sp³-hybridized carbons (Fsp3) is 0.500. The molecule has 1 aromatic carbocycles. The van der Waals surface area contributed by atoms with Gasteiger partial charge in [0.2, 0.25) is 6.08 Å². The number of ether oxygens (including phenoxy) is 2. The van der Waals surface area contributed by atoms with Crippen LogP contribution in [-0.2, 0) is 10.3 Å². The SMILES string of the molecule is COc1cc(O)c(C2(N=C=O)CCCC2)cc1OC. The predicted octanol–water partition coefficient (Wildman–Crippen LogP) is 2.51. The largest absolute Gasteiger partial charge is 0.507 e. The number of phenolic OH excluding ortho intramolecular Hbond substituents is 1. The molecule has 1 saturated carbocycles. The first-order valence-electron chi connectivity index (χ1n) is 6.21. The summed E-state index contributed by atoms with van der Waals surface area (Å²) in [6, 6.07) is 3.19. The Hall–Kier alpha value is -2.00. The second-order valence-corrected chi connectivity index (χ2v) is 4.67. The average molecular weight is 263 g/mol. The standard InChI is InChI=1S/C14H17NO4/c1-18-12-7-10(11(17)8-13(12)19-2)14(15-9-16)5-3-4-6-14/h7-8,17H,3-6H2,1-2H3. The van der Waals surface area contributed by atoms with E-state index in [1.165, 1.54) is 20.3 Å². The molecule has 1 aromatic rings. The molecule has 1 N–H and O–H groups in total. The van der Waals surface area contributed by atoms with E-state index in [0.29, 0.717) is 17.1 Å². The zero-order chi connectivity index (χ0) is 13.9. The molecule has 1 aliphatic carbocycles. The van der Waals surface area contributed by atoms with E-state index >= 15 is 0 Å². The van der Waals surface area contributed by atoms with Gasteiger partial charge in [-0.2, -0.15) is 4.99 Å². The van der Waals surface area contributed by atoms with Crippen LogP contribution in [0, 0.1) is 0 Å². The number of methoxy groups -OCH3 is 2. The number of aliphatic imine (C=N–C) groups is 1. The molecule has 2 rings (SSSR count). The van der Waals surface area contributed by atoms with Crippen molar-refractivity contribution in [2.45, 2.75) is 31.2 Å². The smallest absolute Gasteiger partial charge is 0.235 e. The Balaban J connectivity index is 2.57. The molecule has 0 unspecified atom stereocenters. The van der Waals surface area contributed by atoms with Crippen LogP contribution in [0.5, 0.6) is 17.2 Å². The van der Waals surface area contributed by atoms with Crippen molar-refractivity contribution in [1.29, 1.82) is 0 Å². The van der Waals surface area contributed by atoms with Crippen LogP contribution < -0.4 is 9.47 Å². The summed E-state index contributed by atoms with van der Waals surface area (Å²) < 4.78 is 10.4. The van der Waals surface area contributed by atoms with Gasteiger partial charge < -0.3 is 14.6 Å². The van der Waals surface area contributed by atoms with Gasteiger partial charge in [-0.05, 0) is 18.9 Å². The first-order chi connectivity index (χ1) is 9.16. The summed E-state index contributed by atoms with van der Waals surface area (Å²) in [7, 11) is 3.04. The third-order valence-electron chi connectivity index (χ3n) is 3.69.